The van der Waals surface area contributed by atoms with Gasteiger partial charge < -0.3 is 14.4 Å². The molecule has 0 unspecified atom stereocenters. The Labute approximate surface area is 202 Å². The van der Waals surface area contributed by atoms with Crippen molar-refractivity contribution < 1.29 is 9.47 Å². The predicted molar refractivity (Wildman–Crippen MR) is 138 cm³/mol. The molecule has 2 aliphatic rings. The summed E-state index contributed by atoms with van der Waals surface area (Å²) in [6, 6.07) is 10.7. The molecule has 1 saturated heterocycles. The predicted octanol–water partition coefficient (Wildman–Crippen LogP) is 4.05. The molecule has 1 fully saturated rings. The van der Waals surface area contributed by atoms with Crippen LogP contribution >= 0.6 is 0 Å². The lowest BCUT2D eigenvalue weighted by molar-refractivity contribution is 0.0317. The average Bonchev–Trinajstić information content (AvgIpc) is 3.19. The molecule has 0 radical (unpaired) electrons. The molecule has 2 heterocycles. The molecule has 34 heavy (non-hydrogen) atoms. The number of hydrazone groups is 1. The minimum absolute atomic E-state index is 0.379. The molecule has 8 nitrogen and oxygen atoms in total. The second kappa shape index (κ2) is 11.9. The normalized spacial score (nSPS) is 16.9. The zero-order valence-electron chi connectivity index (χ0n) is 20.6. The van der Waals surface area contributed by atoms with Crippen molar-refractivity contribution in [1.29, 1.82) is 0 Å². The molecular weight excluding hydrogens is 428 g/mol. The van der Waals surface area contributed by atoms with E-state index in [1.54, 1.807) is 0 Å². The van der Waals surface area contributed by atoms with Gasteiger partial charge in [0.15, 0.2) is 5.82 Å². The Morgan fingerprint density at radius 1 is 1.09 bits per heavy atom. The van der Waals surface area contributed by atoms with Crippen LogP contribution in [0.2, 0.25) is 0 Å². The summed E-state index contributed by atoms with van der Waals surface area (Å²) in [5.41, 5.74) is 7.63. The molecule has 2 aromatic rings. The first-order valence-corrected chi connectivity index (χ1v) is 12.4. The molecule has 1 aliphatic carbocycles. The molecule has 182 valence electrons. The summed E-state index contributed by atoms with van der Waals surface area (Å²) in [5, 5.41) is 4.68. The number of morpholine rings is 1. The lowest BCUT2D eigenvalue weighted by Gasteiger charge is -2.26. The molecule has 0 bridgehead atoms. The third-order valence-electron chi connectivity index (χ3n) is 6.02. The van der Waals surface area contributed by atoms with Crippen molar-refractivity contribution in [2.45, 2.75) is 33.6 Å². The van der Waals surface area contributed by atoms with E-state index in [-0.39, 0.29) is 0 Å². The van der Waals surface area contributed by atoms with Crippen molar-refractivity contribution in [2.24, 2.45) is 5.10 Å². The van der Waals surface area contributed by atoms with Gasteiger partial charge in [0.1, 0.15) is 12.4 Å². The van der Waals surface area contributed by atoms with Crippen LogP contribution in [0.15, 0.2) is 41.5 Å². The first-order valence-electron chi connectivity index (χ1n) is 12.4. The monoisotopic (exact) mass is 464 g/mol. The largest absolute Gasteiger partial charge is 0.462 e. The van der Waals surface area contributed by atoms with Crippen molar-refractivity contribution in [3.05, 3.63) is 47.5 Å². The first kappa shape index (κ1) is 24.2. The summed E-state index contributed by atoms with van der Waals surface area (Å²) in [4.78, 5) is 14.0. The van der Waals surface area contributed by atoms with Gasteiger partial charge in [-0.05, 0) is 37.0 Å². The fourth-order valence-corrected chi connectivity index (χ4v) is 4.29. The molecule has 0 amide bonds. The zero-order valence-corrected chi connectivity index (χ0v) is 20.6. The fourth-order valence-electron chi connectivity index (χ4n) is 4.29. The second-order valence-corrected chi connectivity index (χ2v) is 8.67. The standard InChI is InChI=1S/C26H36N6O2/c1-4-10-32(11-5-2)25-19-24(27-26(28-25)34-17-14-31-12-15-33-16-13-31)30-29-23-18-20(3)21-8-6-7-9-22(21)23/h6-9,18-19H,4-5,10-17H2,1-3H3,(H,27,28,30)/b29-23-. The highest BCUT2D eigenvalue weighted by atomic mass is 16.5. The summed E-state index contributed by atoms with van der Waals surface area (Å²) >= 11 is 0. The number of nitrogens with zero attached hydrogens (tertiary/aromatic N) is 5. The minimum Gasteiger partial charge on any atom is -0.462 e. The van der Waals surface area contributed by atoms with Crippen molar-refractivity contribution >= 4 is 22.9 Å². The van der Waals surface area contributed by atoms with E-state index in [1.165, 1.54) is 11.1 Å². The van der Waals surface area contributed by atoms with Crippen LogP contribution in [0.4, 0.5) is 11.6 Å². The maximum Gasteiger partial charge on any atom is 0.320 e. The van der Waals surface area contributed by atoms with Crippen LogP contribution in [-0.4, -0.2) is 73.1 Å². The zero-order chi connectivity index (χ0) is 23.8. The molecular formula is C26H36N6O2. The molecule has 1 aromatic carbocycles. The Bertz CT molecular complexity index is 1010. The van der Waals surface area contributed by atoms with Crippen molar-refractivity contribution in [2.75, 3.05) is 62.9 Å². The summed E-state index contributed by atoms with van der Waals surface area (Å²) < 4.78 is 11.4. The van der Waals surface area contributed by atoms with Crippen LogP contribution in [0.3, 0.4) is 0 Å². The Morgan fingerprint density at radius 3 is 2.56 bits per heavy atom. The summed E-state index contributed by atoms with van der Waals surface area (Å²) in [5.74, 6) is 1.49. The van der Waals surface area contributed by atoms with Gasteiger partial charge in [0, 0.05) is 44.4 Å². The molecule has 4 rings (SSSR count). The first-order chi connectivity index (χ1) is 16.7. The summed E-state index contributed by atoms with van der Waals surface area (Å²) in [6.45, 7) is 13.1. The third kappa shape index (κ3) is 6.12. The molecule has 0 saturated carbocycles. The molecule has 1 aliphatic heterocycles. The number of allylic oxidation sites excluding steroid dienone is 2. The van der Waals surface area contributed by atoms with Gasteiger partial charge in [-0.25, -0.2) is 0 Å². The number of ether oxygens (including phenoxy) is 2. The average molecular weight is 465 g/mol. The minimum atomic E-state index is 0.379. The van der Waals surface area contributed by atoms with Crippen LogP contribution < -0.4 is 15.1 Å². The Kier molecular flexibility index (Phi) is 8.49. The number of aromatic nitrogens is 2. The van der Waals surface area contributed by atoms with Crippen molar-refractivity contribution in [1.82, 2.24) is 14.9 Å². The number of hydrogen-bond acceptors (Lipinski definition) is 8. The lowest BCUT2D eigenvalue weighted by atomic mass is 10.1. The topological polar surface area (TPSA) is 75.1 Å². The van der Waals surface area contributed by atoms with Crippen LogP contribution in [-0.2, 0) is 4.74 Å². The van der Waals surface area contributed by atoms with Crippen LogP contribution in [0, 0.1) is 0 Å². The van der Waals surface area contributed by atoms with Gasteiger partial charge in [0.05, 0.1) is 18.9 Å². The van der Waals surface area contributed by atoms with Gasteiger partial charge in [-0.2, -0.15) is 15.1 Å². The van der Waals surface area contributed by atoms with Gasteiger partial charge in [-0.3, -0.25) is 10.3 Å². The number of rotatable bonds is 11. The Hall–Kier alpha value is -2.97. The lowest BCUT2D eigenvalue weighted by Crippen LogP contribution is -2.38. The molecule has 8 heteroatoms. The number of anilines is 2. The van der Waals surface area contributed by atoms with Gasteiger partial charge in [-0.15, -0.1) is 0 Å². The highest BCUT2D eigenvalue weighted by Gasteiger charge is 2.17. The summed E-state index contributed by atoms with van der Waals surface area (Å²) in [7, 11) is 0. The van der Waals surface area contributed by atoms with Gasteiger partial charge >= 0.3 is 6.01 Å². The number of fused-ring (bicyclic) bond motifs is 1. The van der Waals surface area contributed by atoms with E-state index in [1.807, 2.05) is 12.1 Å². The second-order valence-electron chi connectivity index (χ2n) is 8.67. The number of nitrogens with one attached hydrogen (secondary N) is 1. The van der Waals surface area contributed by atoms with E-state index in [4.69, 9.17) is 14.5 Å². The molecule has 0 spiro atoms. The van der Waals surface area contributed by atoms with Crippen LogP contribution in [0.5, 0.6) is 6.01 Å². The Balaban J connectivity index is 1.52. The number of hydrogen-bond donors (Lipinski definition) is 1. The van der Waals surface area contributed by atoms with E-state index in [0.29, 0.717) is 18.4 Å². The number of benzene rings is 1. The Morgan fingerprint density at radius 2 is 1.82 bits per heavy atom. The van der Waals surface area contributed by atoms with E-state index in [0.717, 1.165) is 75.9 Å². The van der Waals surface area contributed by atoms with Crippen molar-refractivity contribution in [3.63, 3.8) is 0 Å². The van der Waals surface area contributed by atoms with Crippen LogP contribution in [0.1, 0.15) is 44.7 Å². The van der Waals surface area contributed by atoms with Gasteiger partial charge in [0.25, 0.3) is 0 Å². The molecule has 0 atom stereocenters. The van der Waals surface area contributed by atoms with E-state index >= 15 is 0 Å². The molecule has 1 aromatic heterocycles. The van der Waals surface area contributed by atoms with Gasteiger partial charge in [0.2, 0.25) is 0 Å². The van der Waals surface area contributed by atoms with E-state index < -0.39 is 0 Å². The smallest absolute Gasteiger partial charge is 0.320 e. The maximum atomic E-state index is 6.01. The van der Waals surface area contributed by atoms with E-state index in [2.05, 4.69) is 70.4 Å². The third-order valence-corrected chi connectivity index (χ3v) is 6.02. The summed E-state index contributed by atoms with van der Waals surface area (Å²) in [6.07, 6.45) is 4.19. The van der Waals surface area contributed by atoms with Crippen molar-refractivity contribution in [3.8, 4) is 6.01 Å². The fraction of sp³-hybridized carbons (Fsp3) is 0.500. The maximum absolute atomic E-state index is 6.01. The SMILES string of the molecule is CCCN(CCC)c1cc(N/N=C2/C=C(C)c3ccccc32)nc(OCCN2CCOCC2)n1. The van der Waals surface area contributed by atoms with E-state index in [9.17, 15) is 0 Å². The molecule has 1 N–H and O–H groups in total. The van der Waals surface area contributed by atoms with Gasteiger partial charge in [-0.1, -0.05) is 38.1 Å². The van der Waals surface area contributed by atoms with Crippen LogP contribution in [0.25, 0.3) is 5.57 Å². The quantitative estimate of drug-likeness (QED) is 0.503. The highest BCUT2D eigenvalue weighted by Crippen LogP contribution is 2.27. The highest BCUT2D eigenvalue weighted by molar-refractivity contribution is 6.19.